The number of sulfonamides is 1. The summed E-state index contributed by atoms with van der Waals surface area (Å²) < 4.78 is 27.3. The Morgan fingerprint density at radius 3 is 2.59 bits per heavy atom. The Labute approximate surface area is 177 Å². The van der Waals surface area contributed by atoms with Crippen LogP contribution in [0.4, 0.5) is 0 Å². The Morgan fingerprint density at radius 2 is 1.83 bits per heavy atom. The molecule has 0 radical (unpaired) electrons. The molecule has 0 bridgehead atoms. The molecular weight excluding hydrogens is 408 g/mol. The van der Waals surface area contributed by atoms with E-state index in [0.29, 0.717) is 29.6 Å². The van der Waals surface area contributed by atoms with Crippen molar-refractivity contribution in [3.8, 4) is 0 Å². The lowest BCUT2D eigenvalue weighted by atomic mass is 10.1. The third-order valence-electron chi connectivity index (χ3n) is 5.75. The topological polar surface area (TPSA) is 66.5 Å². The van der Waals surface area contributed by atoms with E-state index in [1.54, 1.807) is 22.5 Å². The normalized spacial score (nSPS) is 22.2. The van der Waals surface area contributed by atoms with Gasteiger partial charge in [0.15, 0.2) is 0 Å². The number of amides is 1. The fraction of sp³-hybridized carbons (Fsp3) is 0.409. The number of piperidine rings is 1. The highest BCUT2D eigenvalue weighted by Gasteiger charge is 2.44. The van der Waals surface area contributed by atoms with Gasteiger partial charge in [-0.15, -0.1) is 0 Å². The van der Waals surface area contributed by atoms with Crippen molar-refractivity contribution in [3.63, 3.8) is 0 Å². The van der Waals surface area contributed by atoms with Crippen molar-refractivity contribution in [2.24, 2.45) is 5.92 Å². The van der Waals surface area contributed by atoms with Gasteiger partial charge in [-0.3, -0.25) is 4.79 Å². The zero-order valence-electron chi connectivity index (χ0n) is 16.2. The number of nitrogens with one attached hydrogen (secondary N) is 1. The highest BCUT2D eigenvalue weighted by atomic mass is 35.5. The Morgan fingerprint density at radius 1 is 1.07 bits per heavy atom. The molecule has 2 unspecified atom stereocenters. The van der Waals surface area contributed by atoms with Crippen LogP contribution in [0, 0.1) is 5.92 Å². The molecule has 0 spiro atoms. The summed E-state index contributed by atoms with van der Waals surface area (Å²) in [6.45, 7) is 1.47. The first kappa shape index (κ1) is 20.4. The van der Waals surface area contributed by atoms with Gasteiger partial charge in [0.25, 0.3) is 0 Å². The highest BCUT2D eigenvalue weighted by molar-refractivity contribution is 7.89. The quantitative estimate of drug-likeness (QED) is 0.751. The van der Waals surface area contributed by atoms with Gasteiger partial charge in [0.05, 0.1) is 4.90 Å². The third kappa shape index (κ3) is 4.49. The molecule has 1 saturated carbocycles. The van der Waals surface area contributed by atoms with E-state index >= 15 is 0 Å². The Bertz CT molecular complexity index is 1000. The van der Waals surface area contributed by atoms with Crippen LogP contribution in [0.2, 0.25) is 5.02 Å². The molecule has 5 nitrogen and oxygen atoms in total. The number of carbonyl (C=O) groups excluding carboxylic acids is 1. The van der Waals surface area contributed by atoms with Gasteiger partial charge in [-0.05, 0) is 54.5 Å². The lowest BCUT2D eigenvalue weighted by molar-refractivity contribution is -0.122. The summed E-state index contributed by atoms with van der Waals surface area (Å²) in [5.74, 6) is 0.0730. The van der Waals surface area contributed by atoms with Crippen molar-refractivity contribution in [2.75, 3.05) is 13.1 Å². The molecule has 1 aliphatic carbocycles. The minimum absolute atomic E-state index is 0.0146. The van der Waals surface area contributed by atoms with E-state index in [0.717, 1.165) is 36.8 Å². The zero-order valence-corrected chi connectivity index (χ0v) is 17.8. The summed E-state index contributed by atoms with van der Waals surface area (Å²) in [6, 6.07) is 14.5. The molecule has 29 heavy (non-hydrogen) atoms. The number of rotatable bonds is 6. The number of halogens is 1. The van der Waals surface area contributed by atoms with Gasteiger partial charge in [-0.1, -0.05) is 48.4 Å². The van der Waals surface area contributed by atoms with Gasteiger partial charge in [0.2, 0.25) is 15.9 Å². The lowest BCUT2D eigenvalue weighted by Gasteiger charge is -2.26. The molecule has 154 valence electrons. The fourth-order valence-corrected chi connectivity index (χ4v) is 5.86. The minimum Gasteiger partial charge on any atom is -0.352 e. The van der Waals surface area contributed by atoms with Crippen molar-refractivity contribution >= 4 is 27.5 Å². The SMILES string of the molecule is O=C(NCc1cccc(S(=O)(=O)N2CCCCC2)c1)C1CC1c1ccccc1Cl. The summed E-state index contributed by atoms with van der Waals surface area (Å²) >= 11 is 6.23. The summed E-state index contributed by atoms with van der Waals surface area (Å²) in [6.07, 6.45) is 3.68. The van der Waals surface area contributed by atoms with Crippen molar-refractivity contribution in [1.82, 2.24) is 9.62 Å². The van der Waals surface area contributed by atoms with Crippen molar-refractivity contribution in [3.05, 3.63) is 64.7 Å². The molecular formula is C22H25ClN2O3S. The van der Waals surface area contributed by atoms with E-state index in [1.807, 2.05) is 30.3 Å². The number of hydrogen-bond acceptors (Lipinski definition) is 3. The second kappa shape index (κ2) is 8.46. The molecule has 4 rings (SSSR count). The monoisotopic (exact) mass is 432 g/mol. The fourth-order valence-electron chi connectivity index (χ4n) is 3.99. The minimum atomic E-state index is -3.47. The summed E-state index contributed by atoms with van der Waals surface area (Å²) in [5, 5.41) is 3.65. The average Bonchev–Trinajstić information content (AvgIpc) is 3.54. The number of nitrogens with zero attached hydrogens (tertiary/aromatic N) is 1. The molecule has 0 aromatic heterocycles. The molecule has 7 heteroatoms. The average molecular weight is 433 g/mol. The molecule has 2 atom stereocenters. The van der Waals surface area contributed by atoms with Crippen LogP contribution in [0.1, 0.15) is 42.7 Å². The molecule has 2 fully saturated rings. The van der Waals surface area contributed by atoms with E-state index in [1.165, 1.54) is 0 Å². The van der Waals surface area contributed by atoms with E-state index < -0.39 is 10.0 Å². The molecule has 2 aliphatic rings. The maximum absolute atomic E-state index is 12.9. The first-order valence-corrected chi connectivity index (χ1v) is 11.9. The van der Waals surface area contributed by atoms with Gasteiger partial charge in [-0.2, -0.15) is 4.31 Å². The van der Waals surface area contributed by atoms with Crippen LogP contribution >= 0.6 is 11.6 Å². The van der Waals surface area contributed by atoms with Crippen LogP contribution in [0.15, 0.2) is 53.4 Å². The largest absolute Gasteiger partial charge is 0.352 e. The van der Waals surface area contributed by atoms with Crippen LogP contribution in [-0.2, 0) is 21.4 Å². The summed E-state index contributed by atoms with van der Waals surface area (Å²) in [7, 11) is -3.47. The first-order valence-electron chi connectivity index (χ1n) is 10.1. The Balaban J connectivity index is 1.38. The second-order valence-electron chi connectivity index (χ2n) is 7.80. The maximum atomic E-state index is 12.9. The van der Waals surface area contributed by atoms with E-state index in [-0.39, 0.29) is 17.7 Å². The van der Waals surface area contributed by atoms with E-state index in [9.17, 15) is 13.2 Å². The number of benzene rings is 2. The van der Waals surface area contributed by atoms with Gasteiger partial charge in [0.1, 0.15) is 0 Å². The number of carbonyl (C=O) groups is 1. The summed E-state index contributed by atoms with van der Waals surface area (Å²) in [5.41, 5.74) is 1.80. The highest BCUT2D eigenvalue weighted by Crippen LogP contribution is 2.49. The van der Waals surface area contributed by atoms with Crippen LogP contribution < -0.4 is 5.32 Å². The van der Waals surface area contributed by atoms with Crippen LogP contribution in [-0.4, -0.2) is 31.7 Å². The first-order chi connectivity index (χ1) is 14.0. The van der Waals surface area contributed by atoms with Crippen LogP contribution in [0.25, 0.3) is 0 Å². The maximum Gasteiger partial charge on any atom is 0.243 e. The lowest BCUT2D eigenvalue weighted by Crippen LogP contribution is -2.35. The molecule has 2 aromatic rings. The van der Waals surface area contributed by atoms with Crippen molar-refractivity contribution in [2.45, 2.75) is 43.0 Å². The summed E-state index contributed by atoms with van der Waals surface area (Å²) in [4.78, 5) is 12.8. The molecule has 1 aliphatic heterocycles. The van der Waals surface area contributed by atoms with Gasteiger partial charge >= 0.3 is 0 Å². The number of hydrogen-bond donors (Lipinski definition) is 1. The van der Waals surface area contributed by atoms with Crippen molar-refractivity contribution < 1.29 is 13.2 Å². The van der Waals surface area contributed by atoms with Gasteiger partial charge in [0, 0.05) is 30.6 Å². The molecule has 1 heterocycles. The Kier molecular flexibility index (Phi) is 5.95. The third-order valence-corrected chi connectivity index (χ3v) is 7.99. The van der Waals surface area contributed by atoms with Crippen molar-refractivity contribution in [1.29, 1.82) is 0 Å². The van der Waals surface area contributed by atoms with Crippen LogP contribution in [0.5, 0.6) is 0 Å². The second-order valence-corrected chi connectivity index (χ2v) is 10.1. The molecule has 2 aromatic carbocycles. The molecule has 1 N–H and O–H groups in total. The standard InChI is InChI=1S/C22H25ClN2O3S/c23-21-10-3-2-9-18(21)19-14-20(19)22(26)24-15-16-7-6-8-17(13-16)29(27,28)25-11-4-1-5-12-25/h2-3,6-10,13,19-20H,1,4-5,11-12,14-15H2,(H,24,26). The zero-order chi connectivity index (χ0) is 20.4. The molecule has 1 saturated heterocycles. The van der Waals surface area contributed by atoms with Crippen LogP contribution in [0.3, 0.4) is 0 Å². The molecule has 1 amide bonds. The van der Waals surface area contributed by atoms with E-state index in [2.05, 4.69) is 5.32 Å². The van der Waals surface area contributed by atoms with E-state index in [4.69, 9.17) is 11.6 Å². The van der Waals surface area contributed by atoms with Gasteiger partial charge in [-0.25, -0.2) is 8.42 Å². The predicted octanol–water partition coefficient (Wildman–Crippen LogP) is 3.93. The van der Waals surface area contributed by atoms with Gasteiger partial charge < -0.3 is 5.32 Å². The smallest absolute Gasteiger partial charge is 0.243 e. The predicted molar refractivity (Wildman–Crippen MR) is 113 cm³/mol. The Hall–Kier alpha value is -1.89.